The third kappa shape index (κ3) is 4.56. The molecule has 0 saturated carbocycles. The van der Waals surface area contributed by atoms with Crippen molar-refractivity contribution in [2.24, 2.45) is 5.92 Å². The van der Waals surface area contributed by atoms with Crippen molar-refractivity contribution in [1.82, 2.24) is 5.32 Å². The summed E-state index contributed by atoms with van der Waals surface area (Å²) in [5.74, 6) is 0.355. The van der Waals surface area contributed by atoms with Gasteiger partial charge in [0.1, 0.15) is 11.8 Å². The SMILES string of the molecule is COc1ccccc1C(=O)NC(CC(C)C)C(=O)Cl. The fraction of sp³-hybridized carbons (Fsp3) is 0.429. The lowest BCUT2D eigenvalue weighted by Crippen LogP contribution is -2.40. The first-order valence-electron chi connectivity index (χ1n) is 6.09. The second-order valence-electron chi connectivity index (χ2n) is 4.66. The van der Waals surface area contributed by atoms with Crippen LogP contribution >= 0.6 is 11.6 Å². The normalized spacial score (nSPS) is 12.1. The molecule has 0 aliphatic carbocycles. The number of hydrogen-bond donors (Lipinski definition) is 1. The Morgan fingerprint density at radius 1 is 1.32 bits per heavy atom. The molecular weight excluding hydrogens is 266 g/mol. The first-order valence-corrected chi connectivity index (χ1v) is 6.46. The Morgan fingerprint density at radius 3 is 2.47 bits per heavy atom. The fourth-order valence-electron chi connectivity index (χ4n) is 1.75. The van der Waals surface area contributed by atoms with E-state index in [4.69, 9.17) is 16.3 Å². The largest absolute Gasteiger partial charge is 0.496 e. The Morgan fingerprint density at radius 2 is 1.95 bits per heavy atom. The van der Waals surface area contributed by atoms with E-state index in [2.05, 4.69) is 5.32 Å². The van der Waals surface area contributed by atoms with Crippen LogP contribution in [0.15, 0.2) is 24.3 Å². The van der Waals surface area contributed by atoms with Crippen molar-refractivity contribution in [1.29, 1.82) is 0 Å². The topological polar surface area (TPSA) is 55.4 Å². The Bertz CT molecular complexity index is 460. The van der Waals surface area contributed by atoms with Gasteiger partial charge in [-0.05, 0) is 36.1 Å². The van der Waals surface area contributed by atoms with Crippen molar-refractivity contribution in [3.05, 3.63) is 29.8 Å². The Labute approximate surface area is 118 Å². The van der Waals surface area contributed by atoms with Crippen molar-refractivity contribution in [3.8, 4) is 5.75 Å². The van der Waals surface area contributed by atoms with Crippen molar-refractivity contribution < 1.29 is 14.3 Å². The van der Waals surface area contributed by atoms with Gasteiger partial charge in [0.05, 0.1) is 12.7 Å². The first kappa shape index (κ1) is 15.5. The average Bonchev–Trinajstić information content (AvgIpc) is 2.37. The molecule has 5 heteroatoms. The van der Waals surface area contributed by atoms with Crippen LogP contribution in [0.25, 0.3) is 0 Å². The second-order valence-corrected chi connectivity index (χ2v) is 5.03. The summed E-state index contributed by atoms with van der Waals surface area (Å²) in [5.41, 5.74) is 0.386. The summed E-state index contributed by atoms with van der Waals surface area (Å²) < 4.78 is 5.11. The summed E-state index contributed by atoms with van der Waals surface area (Å²) in [5, 5.41) is 2.08. The molecular formula is C14H18ClNO3. The molecule has 0 bridgehead atoms. The number of rotatable bonds is 6. The standard InChI is InChI=1S/C14H18ClNO3/c1-9(2)8-11(13(15)17)16-14(18)10-6-4-5-7-12(10)19-3/h4-7,9,11H,8H2,1-3H3,(H,16,18). The molecule has 1 rings (SSSR count). The number of carbonyl (C=O) groups excluding carboxylic acids is 2. The van der Waals surface area contributed by atoms with Gasteiger partial charge in [0.2, 0.25) is 5.24 Å². The molecule has 4 nitrogen and oxygen atoms in total. The molecule has 0 radical (unpaired) electrons. The van der Waals surface area contributed by atoms with Gasteiger partial charge < -0.3 is 10.1 Å². The number of ether oxygens (including phenoxy) is 1. The van der Waals surface area contributed by atoms with Gasteiger partial charge in [-0.2, -0.15) is 0 Å². The van der Waals surface area contributed by atoms with Crippen LogP contribution < -0.4 is 10.1 Å². The van der Waals surface area contributed by atoms with E-state index >= 15 is 0 Å². The fourth-order valence-corrected chi connectivity index (χ4v) is 1.89. The number of hydrogen-bond acceptors (Lipinski definition) is 3. The third-order valence-electron chi connectivity index (χ3n) is 2.64. The van der Waals surface area contributed by atoms with Gasteiger partial charge in [-0.3, -0.25) is 9.59 Å². The minimum atomic E-state index is -0.681. The zero-order valence-corrected chi connectivity index (χ0v) is 12.0. The number of nitrogens with one attached hydrogen (secondary N) is 1. The van der Waals surface area contributed by atoms with Crippen molar-refractivity contribution in [2.45, 2.75) is 26.3 Å². The molecule has 1 N–H and O–H groups in total. The third-order valence-corrected chi connectivity index (χ3v) is 2.90. The lowest BCUT2D eigenvalue weighted by Gasteiger charge is -2.17. The van der Waals surface area contributed by atoms with Gasteiger partial charge in [0, 0.05) is 0 Å². The van der Waals surface area contributed by atoms with E-state index < -0.39 is 11.3 Å². The number of halogens is 1. The maximum absolute atomic E-state index is 12.1. The number of para-hydroxylation sites is 1. The highest BCUT2D eigenvalue weighted by atomic mass is 35.5. The first-order chi connectivity index (χ1) is 8.95. The molecule has 104 valence electrons. The lowest BCUT2D eigenvalue weighted by molar-refractivity contribution is -0.113. The van der Waals surface area contributed by atoms with E-state index in [0.29, 0.717) is 17.7 Å². The molecule has 0 heterocycles. The zero-order valence-electron chi connectivity index (χ0n) is 11.3. The second kappa shape index (κ2) is 7.14. The van der Waals surface area contributed by atoms with Crippen LogP contribution in [0.4, 0.5) is 0 Å². The van der Waals surface area contributed by atoms with Crippen molar-refractivity contribution in [2.75, 3.05) is 7.11 Å². The molecule has 19 heavy (non-hydrogen) atoms. The molecule has 0 spiro atoms. The summed E-state index contributed by atoms with van der Waals surface area (Å²) in [4.78, 5) is 23.4. The summed E-state index contributed by atoms with van der Waals surface area (Å²) in [6.45, 7) is 3.92. The van der Waals surface area contributed by atoms with Crippen LogP contribution in [0.2, 0.25) is 0 Å². The van der Waals surface area contributed by atoms with E-state index in [-0.39, 0.29) is 11.8 Å². The van der Waals surface area contributed by atoms with Gasteiger partial charge in [0.25, 0.3) is 5.91 Å². The molecule has 1 aromatic carbocycles. The Kier molecular flexibility index (Phi) is 5.83. The summed E-state index contributed by atoms with van der Waals surface area (Å²) in [6.07, 6.45) is 0.503. The van der Waals surface area contributed by atoms with E-state index in [0.717, 1.165) is 0 Å². The van der Waals surface area contributed by atoms with Gasteiger partial charge in [-0.25, -0.2) is 0 Å². The number of methoxy groups -OCH3 is 1. The highest BCUT2D eigenvalue weighted by molar-refractivity contribution is 6.64. The van der Waals surface area contributed by atoms with Gasteiger partial charge in [-0.1, -0.05) is 26.0 Å². The number of benzene rings is 1. The molecule has 0 aromatic heterocycles. The van der Waals surface area contributed by atoms with Crippen LogP contribution in [0.3, 0.4) is 0 Å². The average molecular weight is 284 g/mol. The van der Waals surface area contributed by atoms with E-state index in [1.807, 2.05) is 13.8 Å². The predicted molar refractivity (Wildman–Crippen MR) is 74.6 cm³/mol. The minimum absolute atomic E-state index is 0.255. The Balaban J connectivity index is 2.84. The highest BCUT2D eigenvalue weighted by Crippen LogP contribution is 2.18. The van der Waals surface area contributed by atoms with E-state index in [1.165, 1.54) is 7.11 Å². The molecule has 0 aliphatic heterocycles. The molecule has 1 atom stereocenters. The van der Waals surface area contributed by atoms with Crippen LogP contribution in [-0.4, -0.2) is 24.3 Å². The molecule has 1 unspecified atom stereocenters. The molecule has 0 aliphatic rings. The van der Waals surface area contributed by atoms with Gasteiger partial charge in [0.15, 0.2) is 0 Å². The monoisotopic (exact) mass is 283 g/mol. The molecule has 0 fully saturated rings. The summed E-state index contributed by atoms with van der Waals surface area (Å²) in [7, 11) is 1.49. The van der Waals surface area contributed by atoms with Crippen molar-refractivity contribution in [3.63, 3.8) is 0 Å². The predicted octanol–water partition coefficient (Wildman–Crippen LogP) is 2.61. The van der Waals surface area contributed by atoms with E-state index in [1.54, 1.807) is 24.3 Å². The van der Waals surface area contributed by atoms with E-state index in [9.17, 15) is 9.59 Å². The molecule has 1 amide bonds. The van der Waals surface area contributed by atoms with Gasteiger partial charge in [-0.15, -0.1) is 0 Å². The molecule has 1 aromatic rings. The van der Waals surface area contributed by atoms with Crippen molar-refractivity contribution >= 4 is 22.8 Å². The lowest BCUT2D eigenvalue weighted by atomic mass is 10.0. The summed E-state index contributed by atoms with van der Waals surface area (Å²) >= 11 is 5.51. The smallest absolute Gasteiger partial charge is 0.255 e. The molecule has 0 saturated heterocycles. The number of amides is 1. The number of carbonyl (C=O) groups is 2. The summed E-state index contributed by atoms with van der Waals surface area (Å²) in [6, 6.07) is 6.15. The zero-order chi connectivity index (χ0) is 14.4. The maximum Gasteiger partial charge on any atom is 0.255 e. The van der Waals surface area contributed by atoms with Crippen LogP contribution in [0.1, 0.15) is 30.6 Å². The maximum atomic E-state index is 12.1. The Hall–Kier alpha value is -1.55. The minimum Gasteiger partial charge on any atom is -0.496 e. The van der Waals surface area contributed by atoms with Crippen LogP contribution in [-0.2, 0) is 4.79 Å². The van der Waals surface area contributed by atoms with Gasteiger partial charge >= 0.3 is 0 Å². The highest BCUT2D eigenvalue weighted by Gasteiger charge is 2.22. The van der Waals surface area contributed by atoms with Crippen LogP contribution in [0, 0.1) is 5.92 Å². The quantitative estimate of drug-likeness (QED) is 0.817. The van der Waals surface area contributed by atoms with Crippen LogP contribution in [0.5, 0.6) is 5.75 Å².